The minimum absolute atomic E-state index is 0.784. The molecule has 20 atom stereocenters. The van der Waals surface area contributed by atoms with Crippen molar-refractivity contribution in [2.75, 3.05) is 26.4 Å². The Hall–Kier alpha value is -0.840. The standard InChI is InChI=1S/C24H42O21/c25-1-5-9(29)10(30)15(35)22(40-5)44-19-7(3-27)42-24(17(37)12(19)32)45-20-8(4-28)41-23(16(36)13(20)33)43-18-6(2-26)39-21(38)14(34)11(18)31/h5-38H,1-4H2/t5?,6?,7?,8?,9-,10-,11+,12+,13+,14?,15?,16?,17?,18+,19+,20-,21+,22+,23+,24+/m1/s1. The van der Waals surface area contributed by atoms with Crippen LogP contribution in [0.3, 0.4) is 0 Å². The molecule has 21 heteroatoms. The summed E-state index contributed by atoms with van der Waals surface area (Å²) in [6.45, 7) is -3.39. The van der Waals surface area contributed by atoms with E-state index in [4.69, 9.17) is 33.2 Å². The third kappa shape index (κ3) is 7.44. The quantitative estimate of drug-likeness (QED) is 0.103. The maximum atomic E-state index is 10.9. The van der Waals surface area contributed by atoms with Crippen molar-refractivity contribution in [2.24, 2.45) is 0 Å². The summed E-state index contributed by atoms with van der Waals surface area (Å²) in [5.41, 5.74) is 0. The number of ether oxygens (including phenoxy) is 7. The summed E-state index contributed by atoms with van der Waals surface area (Å²) in [6, 6.07) is 0. The van der Waals surface area contributed by atoms with E-state index in [0.29, 0.717) is 0 Å². The summed E-state index contributed by atoms with van der Waals surface area (Å²) in [4.78, 5) is 0. The molecular formula is C24H42O21. The highest BCUT2D eigenvalue weighted by Gasteiger charge is 2.55. The summed E-state index contributed by atoms with van der Waals surface area (Å²) in [5.74, 6) is 0. The van der Waals surface area contributed by atoms with E-state index in [-0.39, 0.29) is 0 Å². The second-order valence-corrected chi connectivity index (χ2v) is 11.1. The van der Waals surface area contributed by atoms with Crippen LogP contribution in [0.15, 0.2) is 0 Å². The van der Waals surface area contributed by atoms with E-state index >= 15 is 0 Å². The van der Waals surface area contributed by atoms with E-state index < -0.39 is 149 Å². The van der Waals surface area contributed by atoms with Crippen molar-refractivity contribution >= 4 is 0 Å². The molecule has 0 aromatic heterocycles. The third-order valence-electron chi connectivity index (χ3n) is 8.20. The van der Waals surface area contributed by atoms with Crippen LogP contribution >= 0.6 is 0 Å². The summed E-state index contributed by atoms with van der Waals surface area (Å²) in [7, 11) is 0. The number of rotatable bonds is 10. The molecule has 0 aromatic carbocycles. The molecule has 0 amide bonds. The lowest BCUT2D eigenvalue weighted by molar-refractivity contribution is -0.387. The monoisotopic (exact) mass is 666 g/mol. The van der Waals surface area contributed by atoms with Crippen molar-refractivity contribution < 1.29 is 105 Å². The first-order valence-electron chi connectivity index (χ1n) is 14.1. The predicted molar refractivity (Wildman–Crippen MR) is 134 cm³/mol. The van der Waals surface area contributed by atoms with Gasteiger partial charge in [-0.1, -0.05) is 0 Å². The van der Waals surface area contributed by atoms with Crippen LogP contribution in [0.25, 0.3) is 0 Å². The fraction of sp³-hybridized carbons (Fsp3) is 1.00. The maximum absolute atomic E-state index is 10.9. The van der Waals surface area contributed by atoms with Crippen molar-refractivity contribution in [3.05, 3.63) is 0 Å². The van der Waals surface area contributed by atoms with Crippen molar-refractivity contribution in [3.63, 3.8) is 0 Å². The van der Waals surface area contributed by atoms with Crippen LogP contribution in [0.5, 0.6) is 0 Å². The first-order chi connectivity index (χ1) is 21.3. The lowest BCUT2D eigenvalue weighted by atomic mass is 9.95. The zero-order valence-corrected chi connectivity index (χ0v) is 23.5. The number of hydrogen-bond acceptors (Lipinski definition) is 21. The number of aliphatic hydroxyl groups is 14. The molecule has 4 rings (SSSR count). The predicted octanol–water partition coefficient (Wildman–Crippen LogP) is -9.75. The normalized spacial score (nSPS) is 52.9. The molecule has 0 aliphatic carbocycles. The van der Waals surface area contributed by atoms with Gasteiger partial charge < -0.3 is 105 Å². The van der Waals surface area contributed by atoms with Gasteiger partial charge in [0.15, 0.2) is 25.2 Å². The Labute approximate surface area is 254 Å². The topological polar surface area (TPSA) is 348 Å². The summed E-state index contributed by atoms with van der Waals surface area (Å²) >= 11 is 0. The summed E-state index contributed by atoms with van der Waals surface area (Å²) in [5, 5.41) is 142. The fourth-order valence-electron chi connectivity index (χ4n) is 5.55. The Morgan fingerprint density at radius 3 is 1.02 bits per heavy atom. The molecule has 21 nitrogen and oxygen atoms in total. The summed E-state index contributed by atoms with van der Waals surface area (Å²) in [6.07, 6.45) is -35.3. The first kappa shape index (κ1) is 37.0. The van der Waals surface area contributed by atoms with Gasteiger partial charge in [0, 0.05) is 0 Å². The highest BCUT2D eigenvalue weighted by atomic mass is 16.8. The molecule has 4 fully saturated rings. The molecule has 0 saturated carbocycles. The molecule has 45 heavy (non-hydrogen) atoms. The van der Waals surface area contributed by atoms with Crippen molar-refractivity contribution in [2.45, 2.75) is 123 Å². The molecule has 4 aliphatic rings. The second kappa shape index (κ2) is 15.6. The molecule has 8 unspecified atom stereocenters. The van der Waals surface area contributed by atoms with Gasteiger partial charge in [-0.15, -0.1) is 0 Å². The Morgan fingerprint density at radius 2 is 0.644 bits per heavy atom. The number of aliphatic hydroxyl groups excluding tert-OH is 14. The minimum atomic E-state index is -2.02. The van der Waals surface area contributed by atoms with Crippen LogP contribution < -0.4 is 0 Å². The van der Waals surface area contributed by atoms with Gasteiger partial charge in [-0.05, 0) is 0 Å². The van der Waals surface area contributed by atoms with Crippen molar-refractivity contribution in [1.29, 1.82) is 0 Å². The van der Waals surface area contributed by atoms with Gasteiger partial charge in [0.2, 0.25) is 0 Å². The van der Waals surface area contributed by atoms with Crippen LogP contribution in [-0.2, 0) is 33.2 Å². The third-order valence-corrected chi connectivity index (χ3v) is 8.20. The minimum Gasteiger partial charge on any atom is -0.394 e. The molecule has 14 N–H and O–H groups in total. The highest BCUT2D eigenvalue weighted by molar-refractivity contribution is 4.97. The average Bonchev–Trinajstić information content (AvgIpc) is 3.03. The molecule has 0 radical (unpaired) electrons. The maximum Gasteiger partial charge on any atom is 0.187 e. The number of hydrogen-bond donors (Lipinski definition) is 14. The van der Waals surface area contributed by atoms with Crippen LogP contribution in [0, 0.1) is 0 Å². The van der Waals surface area contributed by atoms with E-state index in [1.165, 1.54) is 0 Å². The SMILES string of the molecule is OCC1O[C@@H](O[C@H]2C(CO)O[C@@H](O[C@@H]3C(CO)O[C@@H](O[C@H]4C(CO)O[C@H](O)C(O)[C@@H]4O)C(O)[C@@H]3O)C(O)[C@@H]2O)C(O)[C@H](O)[C@@H]1O. The van der Waals surface area contributed by atoms with E-state index in [9.17, 15) is 71.5 Å². The smallest absolute Gasteiger partial charge is 0.187 e. The van der Waals surface area contributed by atoms with Gasteiger partial charge in [-0.25, -0.2) is 0 Å². The summed E-state index contributed by atoms with van der Waals surface area (Å²) < 4.78 is 37.7. The Morgan fingerprint density at radius 1 is 0.333 bits per heavy atom. The van der Waals surface area contributed by atoms with Crippen LogP contribution in [-0.4, -0.2) is 221 Å². The van der Waals surface area contributed by atoms with E-state index in [1.54, 1.807) is 0 Å². The Bertz CT molecular complexity index is 910. The van der Waals surface area contributed by atoms with Crippen molar-refractivity contribution in [1.82, 2.24) is 0 Å². The molecule has 4 saturated heterocycles. The molecule has 4 heterocycles. The molecule has 0 spiro atoms. The van der Waals surface area contributed by atoms with Gasteiger partial charge >= 0.3 is 0 Å². The highest BCUT2D eigenvalue weighted by Crippen LogP contribution is 2.34. The van der Waals surface area contributed by atoms with Crippen molar-refractivity contribution in [3.8, 4) is 0 Å². The zero-order chi connectivity index (χ0) is 33.3. The fourth-order valence-corrected chi connectivity index (χ4v) is 5.55. The lowest BCUT2D eigenvalue weighted by Gasteiger charge is -2.49. The van der Waals surface area contributed by atoms with E-state index in [2.05, 4.69) is 0 Å². The van der Waals surface area contributed by atoms with Crippen LogP contribution in [0.2, 0.25) is 0 Å². The van der Waals surface area contributed by atoms with Gasteiger partial charge in [0.1, 0.15) is 97.7 Å². The lowest BCUT2D eigenvalue weighted by Crippen LogP contribution is -2.67. The van der Waals surface area contributed by atoms with Gasteiger partial charge in [0.05, 0.1) is 26.4 Å². The van der Waals surface area contributed by atoms with E-state index in [0.717, 1.165) is 0 Å². The molecule has 4 aliphatic heterocycles. The molecular weight excluding hydrogens is 624 g/mol. The van der Waals surface area contributed by atoms with Crippen LogP contribution in [0.1, 0.15) is 0 Å². The van der Waals surface area contributed by atoms with Gasteiger partial charge in [0.25, 0.3) is 0 Å². The van der Waals surface area contributed by atoms with Crippen LogP contribution in [0.4, 0.5) is 0 Å². The Kier molecular flexibility index (Phi) is 12.8. The largest absolute Gasteiger partial charge is 0.394 e. The second-order valence-electron chi connectivity index (χ2n) is 11.1. The Balaban J connectivity index is 1.43. The van der Waals surface area contributed by atoms with Gasteiger partial charge in [-0.3, -0.25) is 0 Å². The zero-order valence-electron chi connectivity index (χ0n) is 23.5. The molecule has 0 aromatic rings. The molecule has 0 bridgehead atoms. The first-order valence-corrected chi connectivity index (χ1v) is 14.1. The average molecular weight is 667 g/mol. The van der Waals surface area contributed by atoms with E-state index in [1.807, 2.05) is 0 Å². The van der Waals surface area contributed by atoms with Gasteiger partial charge in [-0.2, -0.15) is 0 Å². The molecule has 264 valence electrons.